The van der Waals surface area contributed by atoms with Crippen LogP contribution in [0.3, 0.4) is 0 Å². The van der Waals surface area contributed by atoms with Gasteiger partial charge in [-0.1, -0.05) is 46.0 Å². The van der Waals surface area contributed by atoms with Gasteiger partial charge in [0.1, 0.15) is 5.78 Å². The summed E-state index contributed by atoms with van der Waals surface area (Å²) in [5.41, 5.74) is 2.61. The highest BCUT2D eigenvalue weighted by molar-refractivity contribution is 6.11. The van der Waals surface area contributed by atoms with Crippen molar-refractivity contribution in [3.63, 3.8) is 0 Å². The number of rotatable bonds is 6. The molecule has 2 saturated carbocycles. The summed E-state index contributed by atoms with van der Waals surface area (Å²) in [7, 11) is 0. The van der Waals surface area contributed by atoms with Gasteiger partial charge >= 0.3 is 0 Å². The quantitative estimate of drug-likeness (QED) is 0.594. The van der Waals surface area contributed by atoms with Gasteiger partial charge in [0, 0.05) is 23.6 Å². The van der Waals surface area contributed by atoms with Gasteiger partial charge in [-0.05, 0) is 49.4 Å². The van der Waals surface area contributed by atoms with Crippen molar-refractivity contribution < 1.29 is 9.59 Å². The maximum absolute atomic E-state index is 12.9. The van der Waals surface area contributed by atoms with Gasteiger partial charge in [-0.15, -0.1) is 0 Å². The van der Waals surface area contributed by atoms with Crippen LogP contribution in [0.5, 0.6) is 0 Å². The highest BCUT2D eigenvalue weighted by atomic mass is 16.1. The summed E-state index contributed by atoms with van der Waals surface area (Å²) >= 11 is 0. The van der Waals surface area contributed by atoms with Gasteiger partial charge in [-0.3, -0.25) is 14.6 Å². The molecule has 3 heteroatoms. The normalized spacial score (nSPS) is 24.2. The maximum Gasteiger partial charge on any atom is 0.165 e. The molecule has 3 nitrogen and oxygen atoms in total. The Morgan fingerprint density at radius 1 is 1.12 bits per heavy atom. The first kappa shape index (κ1) is 19.0. The van der Waals surface area contributed by atoms with Gasteiger partial charge in [-0.2, -0.15) is 0 Å². The Balaban J connectivity index is 1.65. The molecule has 2 aliphatic carbocycles. The number of benzene rings is 1. The van der Waals surface area contributed by atoms with Crippen molar-refractivity contribution in [3.8, 4) is 0 Å². The van der Waals surface area contributed by atoms with Crippen LogP contribution in [-0.2, 0) is 4.79 Å². The second-order valence-corrected chi connectivity index (χ2v) is 8.05. The van der Waals surface area contributed by atoms with E-state index in [1.54, 1.807) is 0 Å². The molecule has 26 heavy (non-hydrogen) atoms. The maximum atomic E-state index is 12.9. The number of Topliss-reactive ketones (excluding diaryl/α,β-unsaturated/α-hetero) is 2. The average Bonchev–Trinajstić information content (AvgIpc) is 2.99. The van der Waals surface area contributed by atoms with Gasteiger partial charge in [0.15, 0.2) is 5.78 Å². The zero-order valence-electron chi connectivity index (χ0n) is 16.2. The number of hydrogen-bond acceptors (Lipinski definition) is 3. The van der Waals surface area contributed by atoms with E-state index < -0.39 is 0 Å². The van der Waals surface area contributed by atoms with Crippen LogP contribution in [0, 0.1) is 17.8 Å². The molecule has 3 rings (SSSR count). The van der Waals surface area contributed by atoms with Crippen molar-refractivity contribution in [2.45, 2.75) is 71.6 Å². The van der Waals surface area contributed by atoms with E-state index >= 15 is 0 Å². The van der Waals surface area contributed by atoms with Crippen LogP contribution in [0.15, 0.2) is 29.3 Å². The summed E-state index contributed by atoms with van der Waals surface area (Å²) in [6.45, 7) is 4.06. The van der Waals surface area contributed by atoms with Crippen LogP contribution in [0.4, 0.5) is 5.69 Å². The minimum Gasteiger partial charge on any atom is -0.299 e. The largest absolute Gasteiger partial charge is 0.299 e. The fourth-order valence-electron chi connectivity index (χ4n) is 4.41. The Labute approximate surface area is 157 Å². The smallest absolute Gasteiger partial charge is 0.165 e. The van der Waals surface area contributed by atoms with Gasteiger partial charge < -0.3 is 0 Å². The van der Waals surface area contributed by atoms with Crippen LogP contribution in [0.2, 0.25) is 0 Å². The van der Waals surface area contributed by atoms with E-state index in [2.05, 4.69) is 11.9 Å². The first-order chi connectivity index (χ1) is 12.6. The van der Waals surface area contributed by atoms with Crippen LogP contribution in [-0.4, -0.2) is 17.3 Å². The third kappa shape index (κ3) is 4.49. The number of aliphatic imine (C=N–C) groups is 1. The van der Waals surface area contributed by atoms with E-state index in [9.17, 15) is 9.59 Å². The highest BCUT2D eigenvalue weighted by Gasteiger charge is 2.27. The molecule has 0 aliphatic heterocycles. The summed E-state index contributed by atoms with van der Waals surface area (Å²) < 4.78 is 0. The van der Waals surface area contributed by atoms with Gasteiger partial charge in [0.05, 0.1) is 11.6 Å². The van der Waals surface area contributed by atoms with Crippen molar-refractivity contribution in [2.75, 3.05) is 0 Å². The molecular weight excluding hydrogens is 322 g/mol. The number of ketones is 2. The SMILES string of the molecule is CCC(CC1CCCCC1)C(=O)c1ccc(N=C2CCC(=O)C2C)cc1. The minimum atomic E-state index is -0.0590. The number of carbonyl (C=O) groups excluding carboxylic acids is 2. The zero-order valence-corrected chi connectivity index (χ0v) is 16.2. The third-order valence-electron chi connectivity index (χ3n) is 6.24. The molecule has 0 N–H and O–H groups in total. The second kappa shape index (κ2) is 8.75. The lowest BCUT2D eigenvalue weighted by Gasteiger charge is -2.25. The van der Waals surface area contributed by atoms with E-state index in [1.807, 2.05) is 31.2 Å². The zero-order chi connectivity index (χ0) is 18.5. The molecule has 0 heterocycles. The van der Waals surface area contributed by atoms with E-state index in [1.165, 1.54) is 32.1 Å². The summed E-state index contributed by atoms with van der Waals surface area (Å²) in [6, 6.07) is 7.66. The summed E-state index contributed by atoms with van der Waals surface area (Å²) in [6.07, 6.45) is 9.91. The van der Waals surface area contributed by atoms with Crippen molar-refractivity contribution in [1.29, 1.82) is 0 Å². The van der Waals surface area contributed by atoms with E-state index in [0.717, 1.165) is 42.1 Å². The van der Waals surface area contributed by atoms with Crippen molar-refractivity contribution in [2.24, 2.45) is 22.7 Å². The van der Waals surface area contributed by atoms with Crippen molar-refractivity contribution >= 4 is 23.0 Å². The van der Waals surface area contributed by atoms with Crippen LogP contribution < -0.4 is 0 Å². The molecule has 0 spiro atoms. The van der Waals surface area contributed by atoms with E-state index in [-0.39, 0.29) is 23.4 Å². The first-order valence-corrected chi connectivity index (χ1v) is 10.3. The van der Waals surface area contributed by atoms with Crippen LogP contribution in [0.25, 0.3) is 0 Å². The molecule has 0 saturated heterocycles. The van der Waals surface area contributed by atoms with Crippen LogP contribution >= 0.6 is 0 Å². The Bertz CT molecular complexity index is 668. The molecule has 0 radical (unpaired) electrons. The number of hydrogen-bond donors (Lipinski definition) is 0. The molecule has 2 unspecified atom stereocenters. The Morgan fingerprint density at radius 3 is 2.38 bits per heavy atom. The molecule has 0 aromatic heterocycles. The monoisotopic (exact) mass is 353 g/mol. The molecule has 140 valence electrons. The lowest BCUT2D eigenvalue weighted by atomic mass is 9.79. The second-order valence-electron chi connectivity index (χ2n) is 8.05. The van der Waals surface area contributed by atoms with E-state index in [4.69, 9.17) is 0 Å². The molecular formula is C23H31NO2. The topological polar surface area (TPSA) is 46.5 Å². The third-order valence-corrected chi connectivity index (χ3v) is 6.24. The summed E-state index contributed by atoms with van der Waals surface area (Å²) in [5.74, 6) is 1.37. The molecule has 2 aliphatic rings. The molecule has 2 atom stereocenters. The molecule has 1 aromatic rings. The summed E-state index contributed by atoms with van der Waals surface area (Å²) in [5, 5.41) is 0. The Morgan fingerprint density at radius 2 is 1.81 bits per heavy atom. The van der Waals surface area contributed by atoms with E-state index in [0.29, 0.717) is 6.42 Å². The van der Waals surface area contributed by atoms with Crippen molar-refractivity contribution in [3.05, 3.63) is 29.8 Å². The molecule has 0 bridgehead atoms. The predicted octanol–water partition coefficient (Wildman–Crippen LogP) is 5.94. The fraction of sp³-hybridized carbons (Fsp3) is 0.609. The highest BCUT2D eigenvalue weighted by Crippen LogP contribution is 2.32. The Hall–Kier alpha value is -1.77. The average molecular weight is 354 g/mol. The van der Waals surface area contributed by atoms with Gasteiger partial charge in [-0.25, -0.2) is 0 Å². The number of nitrogens with zero attached hydrogens (tertiary/aromatic N) is 1. The summed E-state index contributed by atoms with van der Waals surface area (Å²) in [4.78, 5) is 29.2. The Kier molecular flexibility index (Phi) is 6.39. The van der Waals surface area contributed by atoms with Crippen molar-refractivity contribution in [1.82, 2.24) is 0 Å². The fourth-order valence-corrected chi connectivity index (χ4v) is 4.41. The number of carbonyl (C=O) groups is 2. The molecule has 1 aromatic carbocycles. The molecule has 0 amide bonds. The van der Waals surface area contributed by atoms with Gasteiger partial charge in [0.2, 0.25) is 0 Å². The lowest BCUT2D eigenvalue weighted by Crippen LogP contribution is -2.19. The van der Waals surface area contributed by atoms with Gasteiger partial charge in [0.25, 0.3) is 0 Å². The minimum absolute atomic E-state index is 0.0590. The predicted molar refractivity (Wildman–Crippen MR) is 106 cm³/mol. The van der Waals surface area contributed by atoms with Crippen LogP contribution in [0.1, 0.15) is 82.0 Å². The standard InChI is InChI=1S/C23H31NO2/c1-3-18(15-17-7-5-4-6-8-17)23(26)19-9-11-20(12-10-19)24-21-13-14-22(25)16(21)2/h9-12,16-18H,3-8,13-15H2,1-2H3. The molecule has 2 fully saturated rings. The first-order valence-electron chi connectivity index (χ1n) is 10.3. The lowest BCUT2D eigenvalue weighted by molar-refractivity contribution is -0.119.